The van der Waals surface area contributed by atoms with Gasteiger partial charge in [-0.3, -0.25) is 9.59 Å². The van der Waals surface area contributed by atoms with Crippen LogP contribution in [0, 0.1) is 0 Å². The molecule has 9 heteroatoms. The van der Waals surface area contributed by atoms with E-state index in [-0.39, 0.29) is 22.9 Å². The quantitative estimate of drug-likeness (QED) is 0.869. The number of aromatic nitrogens is 3. The average Bonchev–Trinajstić information content (AvgIpc) is 3.29. The molecule has 1 fully saturated rings. The van der Waals surface area contributed by atoms with Crippen molar-refractivity contribution in [1.82, 2.24) is 14.6 Å². The summed E-state index contributed by atoms with van der Waals surface area (Å²) in [6.07, 6.45) is 8.41. The van der Waals surface area contributed by atoms with Gasteiger partial charge >= 0.3 is 0 Å². The first kappa shape index (κ1) is 16.5. The van der Waals surface area contributed by atoms with E-state index in [9.17, 15) is 9.59 Å². The zero-order valence-electron chi connectivity index (χ0n) is 14.1. The summed E-state index contributed by atoms with van der Waals surface area (Å²) in [6.45, 7) is 1.90. The van der Waals surface area contributed by atoms with Gasteiger partial charge in [0.2, 0.25) is 15.9 Å². The zero-order chi connectivity index (χ0) is 18.3. The van der Waals surface area contributed by atoms with Gasteiger partial charge in [0.05, 0.1) is 12.7 Å². The maximum Gasteiger partial charge on any atom is 0.283 e. The number of carbonyl (C=O) groups excluding carboxylic acids is 1. The molecule has 0 saturated carbocycles. The van der Waals surface area contributed by atoms with Gasteiger partial charge in [-0.2, -0.15) is 9.50 Å². The van der Waals surface area contributed by atoms with Crippen LogP contribution in [-0.2, 0) is 9.53 Å². The summed E-state index contributed by atoms with van der Waals surface area (Å²) in [5, 5.41) is 5.34. The molecule has 8 nitrogen and oxygen atoms in total. The Balaban J connectivity index is 1.79. The first-order valence-corrected chi connectivity index (χ1v) is 9.02. The standard InChI is InChI=1S/C17H17N5O3S/c1-25-13-9-10(4-5-12(13)23)8-11-14(18)22-16(19-15(11)24)26-17(20-22)21-6-2-3-7-21/h4-5,8-9H,2-3,6-7,18H2,1H3. The van der Waals surface area contributed by atoms with Crippen LogP contribution in [-0.4, -0.2) is 40.6 Å². The number of nitrogens with zero attached hydrogens (tertiary/aromatic N) is 4. The van der Waals surface area contributed by atoms with Gasteiger partial charge in [-0.15, -0.1) is 5.10 Å². The van der Waals surface area contributed by atoms with Crippen LogP contribution >= 0.6 is 11.3 Å². The van der Waals surface area contributed by atoms with Gasteiger partial charge in [0, 0.05) is 13.1 Å². The van der Waals surface area contributed by atoms with Gasteiger partial charge < -0.3 is 15.4 Å². The van der Waals surface area contributed by atoms with Crippen molar-refractivity contribution >= 4 is 39.1 Å². The summed E-state index contributed by atoms with van der Waals surface area (Å²) in [5.41, 5.74) is 6.64. The number of rotatable bonds is 3. The molecule has 0 radical (unpaired) electrons. The second-order valence-corrected chi connectivity index (χ2v) is 6.98. The summed E-state index contributed by atoms with van der Waals surface area (Å²) in [7, 11) is 1.42. The van der Waals surface area contributed by atoms with Gasteiger partial charge in [-0.05, 0) is 36.6 Å². The van der Waals surface area contributed by atoms with E-state index < -0.39 is 5.56 Å². The fourth-order valence-electron chi connectivity index (χ4n) is 2.98. The van der Waals surface area contributed by atoms with Crippen molar-refractivity contribution < 1.29 is 9.53 Å². The Morgan fingerprint density at radius 2 is 2.04 bits per heavy atom. The monoisotopic (exact) mass is 371 g/mol. The maximum absolute atomic E-state index is 12.4. The molecular weight excluding hydrogens is 354 g/mol. The Morgan fingerprint density at radius 3 is 2.77 bits per heavy atom. The smallest absolute Gasteiger partial charge is 0.283 e. The number of hydrogen-bond donors (Lipinski definition) is 1. The second kappa shape index (κ2) is 6.41. The molecular formula is C17H17N5O3S. The lowest BCUT2D eigenvalue weighted by atomic mass is 10.0. The van der Waals surface area contributed by atoms with Gasteiger partial charge in [0.25, 0.3) is 5.56 Å². The highest BCUT2D eigenvalue weighted by Crippen LogP contribution is 2.27. The average molecular weight is 371 g/mol. The molecule has 2 aliphatic rings. The Morgan fingerprint density at radius 1 is 1.27 bits per heavy atom. The second-order valence-electron chi connectivity index (χ2n) is 6.04. The molecule has 2 N–H and O–H groups in total. The number of hydrogen-bond acceptors (Lipinski definition) is 8. The highest BCUT2D eigenvalue weighted by atomic mass is 32.1. The molecule has 0 amide bonds. The lowest BCUT2D eigenvalue weighted by Gasteiger charge is -2.11. The minimum atomic E-state index is -0.427. The first-order valence-electron chi connectivity index (χ1n) is 8.21. The van der Waals surface area contributed by atoms with E-state index in [1.807, 2.05) is 0 Å². The molecule has 4 rings (SSSR count). The third-order valence-electron chi connectivity index (χ3n) is 4.36. The number of methoxy groups -OCH3 is 1. The van der Waals surface area contributed by atoms with Crippen LogP contribution in [0.2, 0.25) is 0 Å². The minimum absolute atomic E-state index is 0.205. The molecule has 134 valence electrons. The third-order valence-corrected chi connectivity index (χ3v) is 5.33. The Hall–Kier alpha value is -2.94. The molecule has 1 aliphatic carbocycles. The largest absolute Gasteiger partial charge is 0.493 e. The number of anilines is 2. The number of allylic oxidation sites excluding steroid dienone is 4. The fraction of sp³-hybridized carbons (Fsp3) is 0.294. The summed E-state index contributed by atoms with van der Waals surface area (Å²) in [4.78, 5) is 30.8. The first-order chi connectivity index (χ1) is 12.6. The lowest BCUT2D eigenvalue weighted by molar-refractivity contribution is -0.114. The van der Waals surface area contributed by atoms with Crippen molar-refractivity contribution in [3.8, 4) is 0 Å². The van der Waals surface area contributed by atoms with Crippen molar-refractivity contribution in [3.63, 3.8) is 0 Å². The molecule has 0 bridgehead atoms. The Labute approximate surface area is 152 Å². The predicted octanol–water partition coefficient (Wildman–Crippen LogP) is 1.39. The molecule has 1 saturated heterocycles. The third kappa shape index (κ3) is 2.80. The van der Waals surface area contributed by atoms with E-state index >= 15 is 0 Å². The molecule has 2 aromatic heterocycles. The summed E-state index contributed by atoms with van der Waals surface area (Å²) >= 11 is 1.36. The summed E-state index contributed by atoms with van der Waals surface area (Å²) < 4.78 is 6.54. The zero-order valence-corrected chi connectivity index (χ0v) is 15.0. The van der Waals surface area contributed by atoms with Crippen LogP contribution < -0.4 is 16.2 Å². The predicted molar refractivity (Wildman–Crippen MR) is 100 cm³/mol. The molecule has 26 heavy (non-hydrogen) atoms. The van der Waals surface area contributed by atoms with Crippen LogP contribution in [0.3, 0.4) is 0 Å². The Kier molecular flexibility index (Phi) is 4.08. The number of fused-ring (bicyclic) bond motifs is 1. The van der Waals surface area contributed by atoms with Crippen molar-refractivity contribution in [2.24, 2.45) is 0 Å². The molecule has 1 aliphatic heterocycles. The molecule has 2 aromatic rings. The Bertz CT molecular complexity index is 1040. The number of nitrogen functional groups attached to an aromatic ring is 1. The fourth-order valence-corrected chi connectivity index (χ4v) is 3.94. The highest BCUT2D eigenvalue weighted by Gasteiger charge is 2.20. The topological polar surface area (TPSA) is 103 Å². The van der Waals surface area contributed by atoms with Crippen molar-refractivity contribution in [1.29, 1.82) is 0 Å². The van der Waals surface area contributed by atoms with E-state index in [0.29, 0.717) is 10.5 Å². The van der Waals surface area contributed by atoms with E-state index in [1.165, 1.54) is 29.0 Å². The van der Waals surface area contributed by atoms with Crippen LogP contribution in [0.15, 0.2) is 34.4 Å². The van der Waals surface area contributed by atoms with E-state index in [0.717, 1.165) is 31.1 Å². The summed E-state index contributed by atoms with van der Waals surface area (Å²) in [5.74, 6) is 0.209. The van der Waals surface area contributed by atoms with Gasteiger partial charge in [0.1, 0.15) is 5.82 Å². The van der Waals surface area contributed by atoms with E-state index in [4.69, 9.17) is 10.5 Å². The van der Waals surface area contributed by atoms with Gasteiger partial charge in [-0.25, -0.2) is 0 Å². The van der Waals surface area contributed by atoms with Crippen molar-refractivity contribution in [2.75, 3.05) is 30.8 Å². The van der Waals surface area contributed by atoms with E-state index in [2.05, 4.69) is 15.0 Å². The minimum Gasteiger partial charge on any atom is -0.493 e. The van der Waals surface area contributed by atoms with Gasteiger partial charge in [0.15, 0.2) is 5.76 Å². The normalized spacial score (nSPS) is 18.8. The van der Waals surface area contributed by atoms with Crippen LogP contribution in [0.4, 0.5) is 10.9 Å². The van der Waals surface area contributed by atoms with Crippen LogP contribution in [0.5, 0.6) is 0 Å². The number of ketones is 1. The summed E-state index contributed by atoms with van der Waals surface area (Å²) in [6, 6.07) is 0. The highest BCUT2D eigenvalue weighted by molar-refractivity contribution is 7.20. The molecule has 0 unspecified atom stereocenters. The van der Waals surface area contributed by atoms with Crippen molar-refractivity contribution in [2.45, 2.75) is 12.8 Å². The van der Waals surface area contributed by atoms with E-state index in [1.54, 1.807) is 18.2 Å². The molecule has 3 heterocycles. The maximum atomic E-state index is 12.4. The van der Waals surface area contributed by atoms with Crippen LogP contribution in [0.25, 0.3) is 11.0 Å². The van der Waals surface area contributed by atoms with Gasteiger partial charge in [-0.1, -0.05) is 17.4 Å². The molecule has 0 spiro atoms. The van der Waals surface area contributed by atoms with Crippen molar-refractivity contribution in [3.05, 3.63) is 45.5 Å². The SMILES string of the molecule is COC1=CC(=Cc2c(N)n3nc(N4CCCC4)sc3nc2=O)C=CC1=O. The number of ether oxygens (including phenoxy) is 1. The lowest BCUT2D eigenvalue weighted by Crippen LogP contribution is -2.18. The molecule has 0 aromatic carbocycles. The molecule has 0 atom stereocenters. The van der Waals surface area contributed by atoms with Crippen LogP contribution in [0.1, 0.15) is 18.4 Å². The number of carbonyl (C=O) groups is 1. The number of nitrogens with two attached hydrogens (primary N) is 1.